The van der Waals surface area contributed by atoms with E-state index < -0.39 is 0 Å². The number of hydrogen-bond acceptors (Lipinski definition) is 2. The van der Waals surface area contributed by atoms with Gasteiger partial charge in [0.05, 0.1) is 6.61 Å². The second kappa shape index (κ2) is 6.11. The third-order valence-electron chi connectivity index (χ3n) is 2.57. The maximum atomic E-state index is 9.10. The van der Waals surface area contributed by atoms with Crippen molar-refractivity contribution in [1.29, 1.82) is 0 Å². The predicted molar refractivity (Wildman–Crippen MR) is 64.2 cm³/mol. The number of benzene rings is 1. The van der Waals surface area contributed by atoms with Crippen LogP contribution in [0.4, 0.5) is 0 Å². The molecule has 2 nitrogen and oxygen atoms in total. The lowest BCUT2D eigenvalue weighted by Crippen LogP contribution is -2.34. The molecular formula is C12H18ClNO. The minimum absolute atomic E-state index is 0.135. The molecule has 0 saturated heterocycles. The van der Waals surface area contributed by atoms with Crippen molar-refractivity contribution in [2.75, 3.05) is 6.61 Å². The van der Waals surface area contributed by atoms with E-state index in [1.165, 1.54) is 0 Å². The van der Waals surface area contributed by atoms with Gasteiger partial charge >= 0.3 is 0 Å². The van der Waals surface area contributed by atoms with Gasteiger partial charge in [0.15, 0.2) is 0 Å². The fraction of sp³-hybridized carbons (Fsp3) is 0.500. The van der Waals surface area contributed by atoms with Gasteiger partial charge in [-0.05, 0) is 25.0 Å². The van der Waals surface area contributed by atoms with E-state index in [0.29, 0.717) is 0 Å². The Morgan fingerprint density at radius 3 is 2.60 bits per heavy atom. The lowest BCUT2D eigenvalue weighted by Gasteiger charge is -2.21. The smallest absolute Gasteiger partial charge is 0.0584 e. The number of nitrogens with one attached hydrogen (secondary N) is 1. The van der Waals surface area contributed by atoms with Gasteiger partial charge in [-0.15, -0.1) is 0 Å². The molecule has 0 bridgehead atoms. The third-order valence-corrected chi connectivity index (χ3v) is 2.91. The highest BCUT2D eigenvalue weighted by Gasteiger charge is 2.12. The van der Waals surface area contributed by atoms with Crippen LogP contribution in [0, 0.1) is 0 Å². The average molecular weight is 228 g/mol. The summed E-state index contributed by atoms with van der Waals surface area (Å²) in [4.78, 5) is 0. The Labute approximate surface area is 96.3 Å². The van der Waals surface area contributed by atoms with Crippen molar-refractivity contribution >= 4 is 11.6 Å². The summed E-state index contributed by atoms with van der Waals surface area (Å²) < 4.78 is 0. The Morgan fingerprint density at radius 2 is 2.07 bits per heavy atom. The number of halogens is 1. The molecule has 0 amide bonds. The fourth-order valence-electron chi connectivity index (χ4n) is 1.57. The van der Waals surface area contributed by atoms with E-state index >= 15 is 0 Å². The molecule has 2 N–H and O–H groups in total. The zero-order valence-electron chi connectivity index (χ0n) is 9.20. The summed E-state index contributed by atoms with van der Waals surface area (Å²) in [5.74, 6) is 0. The van der Waals surface area contributed by atoms with Crippen LogP contribution < -0.4 is 5.32 Å². The first-order chi connectivity index (χ1) is 7.19. The summed E-state index contributed by atoms with van der Waals surface area (Å²) in [6.07, 6.45) is 0.908. The highest BCUT2D eigenvalue weighted by molar-refractivity contribution is 6.31. The Bertz CT molecular complexity index is 299. The van der Waals surface area contributed by atoms with Gasteiger partial charge in [-0.2, -0.15) is 0 Å². The van der Waals surface area contributed by atoms with Gasteiger partial charge < -0.3 is 10.4 Å². The molecule has 0 radical (unpaired) electrons. The third kappa shape index (κ3) is 3.49. The van der Waals surface area contributed by atoms with Crippen molar-refractivity contribution in [2.45, 2.75) is 32.4 Å². The summed E-state index contributed by atoms with van der Waals surface area (Å²) in [5, 5.41) is 13.2. The van der Waals surface area contributed by atoms with Crippen LogP contribution in [0.15, 0.2) is 24.3 Å². The Kier molecular flexibility index (Phi) is 5.09. The number of aliphatic hydroxyl groups is 1. The van der Waals surface area contributed by atoms with Crippen molar-refractivity contribution in [3.8, 4) is 0 Å². The summed E-state index contributed by atoms with van der Waals surface area (Å²) in [5.41, 5.74) is 1.08. The molecule has 0 fully saturated rings. The summed E-state index contributed by atoms with van der Waals surface area (Å²) in [7, 11) is 0. The molecule has 84 valence electrons. The standard InChI is InChI=1S/C12H18ClNO/c1-3-10(8-15)14-9(2)11-6-4-5-7-12(11)13/h4-7,9-10,14-15H,3,8H2,1-2H3/t9-,10-/m0/s1. The molecule has 0 spiro atoms. The first-order valence-corrected chi connectivity index (χ1v) is 5.68. The van der Waals surface area contributed by atoms with Crippen LogP contribution in [0.1, 0.15) is 31.9 Å². The summed E-state index contributed by atoms with van der Waals surface area (Å²) in [6, 6.07) is 8.08. The van der Waals surface area contributed by atoms with Gasteiger partial charge in [0, 0.05) is 17.1 Å². The van der Waals surface area contributed by atoms with Crippen LogP contribution in [0.25, 0.3) is 0 Å². The second-order valence-corrected chi connectivity index (χ2v) is 4.10. The zero-order chi connectivity index (χ0) is 11.3. The number of rotatable bonds is 5. The molecular weight excluding hydrogens is 210 g/mol. The van der Waals surface area contributed by atoms with E-state index in [2.05, 4.69) is 12.2 Å². The molecule has 1 aromatic carbocycles. The maximum Gasteiger partial charge on any atom is 0.0584 e. The maximum absolute atomic E-state index is 9.10. The molecule has 0 aromatic heterocycles. The largest absolute Gasteiger partial charge is 0.395 e. The number of hydrogen-bond donors (Lipinski definition) is 2. The predicted octanol–water partition coefficient (Wildman–Crippen LogP) is 2.76. The van der Waals surface area contributed by atoms with Crippen molar-refractivity contribution in [1.82, 2.24) is 5.32 Å². The monoisotopic (exact) mass is 227 g/mol. The molecule has 15 heavy (non-hydrogen) atoms. The van der Waals surface area contributed by atoms with Crippen molar-refractivity contribution in [3.05, 3.63) is 34.9 Å². The van der Waals surface area contributed by atoms with Crippen LogP contribution >= 0.6 is 11.6 Å². The van der Waals surface area contributed by atoms with Crippen LogP contribution in [-0.2, 0) is 0 Å². The molecule has 3 heteroatoms. The van der Waals surface area contributed by atoms with Crippen LogP contribution in [0.2, 0.25) is 5.02 Å². The van der Waals surface area contributed by atoms with Gasteiger partial charge in [-0.3, -0.25) is 0 Å². The highest BCUT2D eigenvalue weighted by atomic mass is 35.5. The van der Waals surface area contributed by atoms with Gasteiger partial charge in [0.2, 0.25) is 0 Å². The molecule has 2 atom stereocenters. The SMILES string of the molecule is CC[C@@H](CO)N[C@@H](C)c1ccccc1Cl. The molecule has 0 aliphatic carbocycles. The van der Waals surface area contributed by atoms with E-state index in [9.17, 15) is 0 Å². The molecule has 1 rings (SSSR count). The van der Waals surface area contributed by atoms with Crippen molar-refractivity contribution in [3.63, 3.8) is 0 Å². The fourth-order valence-corrected chi connectivity index (χ4v) is 1.87. The lowest BCUT2D eigenvalue weighted by atomic mass is 10.1. The van der Waals surface area contributed by atoms with E-state index in [0.717, 1.165) is 17.0 Å². The van der Waals surface area contributed by atoms with E-state index in [1.807, 2.05) is 31.2 Å². The molecule has 1 aromatic rings. The summed E-state index contributed by atoms with van der Waals surface area (Å²) >= 11 is 6.09. The average Bonchev–Trinajstić information content (AvgIpc) is 2.26. The Morgan fingerprint density at radius 1 is 1.40 bits per heavy atom. The number of aliphatic hydroxyl groups excluding tert-OH is 1. The zero-order valence-corrected chi connectivity index (χ0v) is 9.96. The van der Waals surface area contributed by atoms with Crippen LogP contribution in [-0.4, -0.2) is 17.8 Å². The lowest BCUT2D eigenvalue weighted by molar-refractivity contribution is 0.230. The highest BCUT2D eigenvalue weighted by Crippen LogP contribution is 2.22. The van der Waals surface area contributed by atoms with Crippen molar-refractivity contribution < 1.29 is 5.11 Å². The Balaban J connectivity index is 2.68. The van der Waals surface area contributed by atoms with E-state index in [-0.39, 0.29) is 18.7 Å². The Hall–Kier alpha value is -0.570. The van der Waals surface area contributed by atoms with Gasteiger partial charge in [0.1, 0.15) is 0 Å². The molecule has 0 heterocycles. The van der Waals surface area contributed by atoms with Crippen molar-refractivity contribution in [2.24, 2.45) is 0 Å². The topological polar surface area (TPSA) is 32.3 Å². The molecule has 0 aliphatic heterocycles. The first kappa shape index (κ1) is 12.5. The summed E-state index contributed by atoms with van der Waals surface area (Å²) in [6.45, 7) is 4.26. The van der Waals surface area contributed by atoms with E-state index in [4.69, 9.17) is 16.7 Å². The molecule has 0 aliphatic rings. The minimum Gasteiger partial charge on any atom is -0.395 e. The van der Waals surface area contributed by atoms with Crippen LogP contribution in [0.3, 0.4) is 0 Å². The van der Waals surface area contributed by atoms with E-state index in [1.54, 1.807) is 0 Å². The minimum atomic E-state index is 0.135. The molecule has 0 saturated carbocycles. The van der Waals surface area contributed by atoms with Gasteiger partial charge in [-0.25, -0.2) is 0 Å². The second-order valence-electron chi connectivity index (χ2n) is 3.70. The normalized spacial score (nSPS) is 14.9. The van der Waals surface area contributed by atoms with Gasteiger partial charge in [0.25, 0.3) is 0 Å². The quantitative estimate of drug-likeness (QED) is 0.811. The van der Waals surface area contributed by atoms with Gasteiger partial charge in [-0.1, -0.05) is 36.7 Å². The molecule has 0 unspecified atom stereocenters. The van der Waals surface area contributed by atoms with Crippen LogP contribution in [0.5, 0.6) is 0 Å². The first-order valence-electron chi connectivity index (χ1n) is 5.30.